The highest BCUT2D eigenvalue weighted by Gasteiger charge is 2.24. The normalized spacial score (nSPS) is 16.7. The van der Waals surface area contributed by atoms with Crippen LogP contribution in [0.3, 0.4) is 0 Å². The second kappa shape index (κ2) is 9.49. The van der Waals surface area contributed by atoms with Crippen LogP contribution < -0.4 is 9.47 Å². The average molecular weight is 336 g/mol. The van der Waals surface area contributed by atoms with Crippen molar-refractivity contribution in [1.29, 1.82) is 0 Å². The van der Waals surface area contributed by atoms with Crippen LogP contribution in [0.2, 0.25) is 0 Å². The van der Waals surface area contributed by atoms with Gasteiger partial charge in [-0.3, -0.25) is 9.69 Å². The Morgan fingerprint density at radius 2 is 1.75 bits per heavy atom. The van der Waals surface area contributed by atoms with Crippen molar-refractivity contribution in [2.24, 2.45) is 0 Å². The fourth-order valence-corrected chi connectivity index (χ4v) is 2.83. The molecule has 1 aliphatic rings. The van der Waals surface area contributed by atoms with Crippen LogP contribution in [0.15, 0.2) is 24.3 Å². The Morgan fingerprint density at radius 1 is 1.12 bits per heavy atom. The zero-order chi connectivity index (χ0) is 17.4. The van der Waals surface area contributed by atoms with Gasteiger partial charge in [-0.05, 0) is 26.0 Å². The lowest BCUT2D eigenvalue weighted by Gasteiger charge is -2.37. The predicted octanol–water partition coefficient (Wildman–Crippen LogP) is 1.64. The molecule has 0 aliphatic carbocycles. The quantitative estimate of drug-likeness (QED) is 0.722. The van der Waals surface area contributed by atoms with Gasteiger partial charge in [-0.25, -0.2) is 0 Å². The molecule has 1 heterocycles. The topological polar surface area (TPSA) is 51.2 Å². The van der Waals surface area contributed by atoms with Gasteiger partial charge in [-0.2, -0.15) is 0 Å². The van der Waals surface area contributed by atoms with Gasteiger partial charge in [0.25, 0.3) is 5.91 Å². The van der Waals surface area contributed by atoms with E-state index in [0.717, 1.165) is 26.2 Å². The molecular weight excluding hydrogens is 308 g/mol. The summed E-state index contributed by atoms with van der Waals surface area (Å²) in [5.41, 5.74) is 0. The third-order valence-electron chi connectivity index (χ3n) is 4.20. The molecule has 0 radical (unpaired) electrons. The Bertz CT molecular complexity index is 515. The SMILES string of the molecule is CCOc1ccccc1OCC(=O)N1CCN([C@@H](C)COC)CC1. The first-order valence-electron chi connectivity index (χ1n) is 8.51. The Balaban J connectivity index is 1.80. The molecule has 1 aromatic rings. The Kier molecular flexibility index (Phi) is 7.34. The standard InChI is InChI=1S/C18H28N2O4/c1-4-23-16-7-5-6-8-17(16)24-14-18(21)20-11-9-19(10-12-20)15(2)13-22-3/h5-8,15H,4,9-14H2,1-3H3/t15-/m0/s1. The zero-order valence-corrected chi connectivity index (χ0v) is 14.9. The maximum Gasteiger partial charge on any atom is 0.260 e. The van der Waals surface area contributed by atoms with Crippen molar-refractivity contribution < 1.29 is 19.0 Å². The van der Waals surface area contributed by atoms with Crippen molar-refractivity contribution in [3.63, 3.8) is 0 Å². The average Bonchev–Trinajstić information content (AvgIpc) is 2.61. The molecule has 1 saturated heterocycles. The van der Waals surface area contributed by atoms with Crippen molar-refractivity contribution in [3.05, 3.63) is 24.3 Å². The number of piperazine rings is 1. The van der Waals surface area contributed by atoms with E-state index in [4.69, 9.17) is 14.2 Å². The third kappa shape index (κ3) is 5.11. The molecule has 0 saturated carbocycles. The van der Waals surface area contributed by atoms with E-state index < -0.39 is 0 Å². The van der Waals surface area contributed by atoms with Gasteiger partial charge in [-0.15, -0.1) is 0 Å². The van der Waals surface area contributed by atoms with E-state index in [1.165, 1.54) is 0 Å². The van der Waals surface area contributed by atoms with Crippen molar-refractivity contribution >= 4 is 5.91 Å². The number of hydrogen-bond acceptors (Lipinski definition) is 5. The summed E-state index contributed by atoms with van der Waals surface area (Å²) in [5.74, 6) is 1.30. The Labute approximate surface area is 144 Å². The number of para-hydroxylation sites is 2. The number of methoxy groups -OCH3 is 1. The van der Waals surface area contributed by atoms with Crippen molar-refractivity contribution in [2.45, 2.75) is 19.9 Å². The summed E-state index contributed by atoms with van der Waals surface area (Å²) in [7, 11) is 1.72. The van der Waals surface area contributed by atoms with Gasteiger partial charge in [-0.1, -0.05) is 12.1 Å². The molecule has 134 valence electrons. The second-order valence-corrected chi connectivity index (χ2v) is 5.89. The van der Waals surface area contributed by atoms with E-state index in [1.807, 2.05) is 36.1 Å². The smallest absolute Gasteiger partial charge is 0.260 e. The summed E-state index contributed by atoms with van der Waals surface area (Å²) in [6, 6.07) is 7.81. The number of rotatable bonds is 8. The van der Waals surface area contributed by atoms with Crippen molar-refractivity contribution in [1.82, 2.24) is 9.80 Å². The number of carbonyl (C=O) groups is 1. The van der Waals surface area contributed by atoms with E-state index in [-0.39, 0.29) is 12.5 Å². The minimum atomic E-state index is 0.0142. The minimum absolute atomic E-state index is 0.0142. The monoisotopic (exact) mass is 336 g/mol. The number of ether oxygens (including phenoxy) is 3. The van der Waals surface area contributed by atoms with E-state index in [1.54, 1.807) is 7.11 Å². The first-order chi connectivity index (χ1) is 11.7. The Morgan fingerprint density at radius 3 is 2.33 bits per heavy atom. The molecule has 0 unspecified atom stereocenters. The molecule has 6 heteroatoms. The maximum absolute atomic E-state index is 12.4. The fourth-order valence-electron chi connectivity index (χ4n) is 2.83. The van der Waals surface area contributed by atoms with Crippen LogP contribution in [0, 0.1) is 0 Å². The number of hydrogen-bond donors (Lipinski definition) is 0. The molecule has 0 bridgehead atoms. The molecule has 1 atom stereocenters. The molecule has 2 rings (SSSR count). The molecule has 1 aliphatic heterocycles. The fraction of sp³-hybridized carbons (Fsp3) is 0.611. The van der Waals surface area contributed by atoms with Gasteiger partial charge >= 0.3 is 0 Å². The van der Waals surface area contributed by atoms with Crippen LogP contribution in [0.1, 0.15) is 13.8 Å². The summed E-state index contributed by atoms with van der Waals surface area (Å²) in [4.78, 5) is 16.6. The van der Waals surface area contributed by atoms with Gasteiger partial charge in [0.1, 0.15) is 0 Å². The summed E-state index contributed by atoms with van der Waals surface area (Å²) < 4.78 is 16.4. The van der Waals surface area contributed by atoms with Crippen LogP contribution in [0.25, 0.3) is 0 Å². The lowest BCUT2D eigenvalue weighted by atomic mass is 10.2. The number of carbonyl (C=O) groups excluding carboxylic acids is 1. The molecule has 0 spiro atoms. The minimum Gasteiger partial charge on any atom is -0.490 e. The molecular formula is C18H28N2O4. The first-order valence-corrected chi connectivity index (χ1v) is 8.51. The van der Waals surface area contributed by atoms with Crippen LogP contribution in [-0.2, 0) is 9.53 Å². The molecule has 0 N–H and O–H groups in total. The highest BCUT2D eigenvalue weighted by molar-refractivity contribution is 5.78. The highest BCUT2D eigenvalue weighted by atomic mass is 16.5. The molecule has 24 heavy (non-hydrogen) atoms. The van der Waals surface area contributed by atoms with E-state index >= 15 is 0 Å². The Hall–Kier alpha value is -1.79. The lowest BCUT2D eigenvalue weighted by molar-refractivity contribution is -0.135. The number of nitrogens with zero attached hydrogens (tertiary/aromatic N) is 2. The largest absolute Gasteiger partial charge is 0.490 e. The molecule has 1 fully saturated rings. The zero-order valence-electron chi connectivity index (χ0n) is 14.9. The lowest BCUT2D eigenvalue weighted by Crippen LogP contribution is -2.53. The number of amides is 1. The summed E-state index contributed by atoms with van der Waals surface area (Å²) in [6.45, 7) is 8.57. The third-order valence-corrected chi connectivity index (χ3v) is 4.20. The van der Waals surface area contributed by atoms with Gasteiger partial charge in [0.2, 0.25) is 0 Å². The molecule has 0 aromatic heterocycles. The highest BCUT2D eigenvalue weighted by Crippen LogP contribution is 2.26. The molecule has 6 nitrogen and oxygen atoms in total. The first kappa shape index (κ1) is 18.5. The number of benzene rings is 1. The van der Waals surface area contributed by atoms with E-state index in [2.05, 4.69) is 11.8 Å². The van der Waals surface area contributed by atoms with Crippen molar-refractivity contribution in [3.8, 4) is 11.5 Å². The summed E-state index contributed by atoms with van der Waals surface area (Å²) >= 11 is 0. The van der Waals surface area contributed by atoms with Gasteiger partial charge in [0, 0.05) is 39.3 Å². The summed E-state index contributed by atoms with van der Waals surface area (Å²) in [6.07, 6.45) is 0. The molecule has 1 amide bonds. The summed E-state index contributed by atoms with van der Waals surface area (Å²) in [5, 5.41) is 0. The van der Waals surface area contributed by atoms with Crippen LogP contribution in [0.5, 0.6) is 11.5 Å². The second-order valence-electron chi connectivity index (χ2n) is 5.89. The van der Waals surface area contributed by atoms with Crippen molar-refractivity contribution in [2.75, 3.05) is 53.1 Å². The van der Waals surface area contributed by atoms with Gasteiger partial charge in [0.15, 0.2) is 18.1 Å². The maximum atomic E-state index is 12.4. The van der Waals surface area contributed by atoms with E-state index in [0.29, 0.717) is 30.8 Å². The van der Waals surface area contributed by atoms with Gasteiger partial charge in [0.05, 0.1) is 13.2 Å². The van der Waals surface area contributed by atoms with Crippen LogP contribution in [-0.4, -0.2) is 74.9 Å². The predicted molar refractivity (Wildman–Crippen MR) is 92.6 cm³/mol. The van der Waals surface area contributed by atoms with Crippen LogP contribution in [0.4, 0.5) is 0 Å². The van der Waals surface area contributed by atoms with E-state index in [9.17, 15) is 4.79 Å². The molecule has 1 aromatic carbocycles. The van der Waals surface area contributed by atoms with Crippen LogP contribution >= 0.6 is 0 Å². The van der Waals surface area contributed by atoms with Gasteiger partial charge < -0.3 is 19.1 Å².